The summed E-state index contributed by atoms with van der Waals surface area (Å²) in [4.78, 5) is 14.1. The van der Waals surface area contributed by atoms with Crippen LogP contribution in [0.15, 0.2) is 0 Å². The highest BCUT2D eigenvalue weighted by atomic mass is 16.5. The highest BCUT2D eigenvalue weighted by molar-refractivity contribution is 5.79. The lowest BCUT2D eigenvalue weighted by Gasteiger charge is -2.33. The predicted molar refractivity (Wildman–Crippen MR) is 84.6 cm³/mol. The molecule has 0 rings (SSSR count). The molecule has 0 heterocycles. The van der Waals surface area contributed by atoms with Crippen LogP contribution in [-0.4, -0.2) is 42.6 Å². The maximum atomic E-state index is 11.6. The van der Waals surface area contributed by atoms with Gasteiger partial charge in [0.2, 0.25) is 0 Å². The zero-order valence-corrected chi connectivity index (χ0v) is 14.2. The van der Waals surface area contributed by atoms with Gasteiger partial charge in [0, 0.05) is 12.6 Å². The molecule has 0 bridgehead atoms. The lowest BCUT2D eigenvalue weighted by atomic mass is 9.96. The number of hydrogen-bond donors (Lipinski definition) is 1. The summed E-state index contributed by atoms with van der Waals surface area (Å²) in [6.07, 6.45) is 3.92. The number of carbonyl (C=O) groups is 1. The van der Waals surface area contributed by atoms with Crippen molar-refractivity contribution in [2.75, 3.05) is 20.2 Å². The van der Waals surface area contributed by atoms with Crippen molar-refractivity contribution >= 4 is 5.97 Å². The summed E-state index contributed by atoms with van der Waals surface area (Å²) in [6.45, 7) is 12.8. The third kappa shape index (κ3) is 6.71. The van der Waals surface area contributed by atoms with Crippen LogP contribution in [0.1, 0.15) is 60.3 Å². The van der Waals surface area contributed by atoms with Crippen molar-refractivity contribution in [2.24, 2.45) is 11.7 Å². The van der Waals surface area contributed by atoms with Gasteiger partial charge in [-0.2, -0.15) is 0 Å². The molecular formula is C16H34N2O2. The monoisotopic (exact) mass is 286 g/mol. The second-order valence-electron chi connectivity index (χ2n) is 6.37. The Morgan fingerprint density at radius 3 is 2.25 bits per heavy atom. The minimum atomic E-state index is -0.869. The van der Waals surface area contributed by atoms with E-state index in [9.17, 15) is 4.79 Å². The average Bonchev–Trinajstić information content (AvgIpc) is 2.38. The van der Waals surface area contributed by atoms with Crippen LogP contribution in [-0.2, 0) is 9.53 Å². The number of ether oxygens (including phenoxy) is 1. The Morgan fingerprint density at radius 1 is 1.30 bits per heavy atom. The number of nitrogens with zero attached hydrogens (tertiary/aromatic N) is 1. The van der Waals surface area contributed by atoms with Gasteiger partial charge in [-0.05, 0) is 45.1 Å². The first-order chi connectivity index (χ1) is 9.28. The van der Waals surface area contributed by atoms with Crippen LogP contribution in [0.4, 0.5) is 0 Å². The normalized spacial score (nSPS) is 14.9. The van der Waals surface area contributed by atoms with Crippen LogP contribution < -0.4 is 5.73 Å². The lowest BCUT2D eigenvalue weighted by Crippen LogP contribution is -2.46. The van der Waals surface area contributed by atoms with Crippen LogP contribution in [0.2, 0.25) is 0 Å². The Balaban J connectivity index is 4.43. The number of hydrogen-bond acceptors (Lipinski definition) is 4. The van der Waals surface area contributed by atoms with Crippen LogP contribution in [0.3, 0.4) is 0 Å². The van der Waals surface area contributed by atoms with E-state index in [2.05, 4.69) is 32.6 Å². The molecule has 0 aliphatic rings. The first kappa shape index (κ1) is 19.4. The summed E-state index contributed by atoms with van der Waals surface area (Å²) in [5.74, 6) is 0.330. The summed E-state index contributed by atoms with van der Waals surface area (Å²) in [5, 5.41) is 0. The van der Waals surface area contributed by atoms with Crippen molar-refractivity contribution in [1.82, 2.24) is 4.90 Å². The van der Waals surface area contributed by atoms with E-state index in [-0.39, 0.29) is 5.97 Å². The van der Waals surface area contributed by atoms with Gasteiger partial charge >= 0.3 is 5.97 Å². The molecule has 0 aromatic heterocycles. The first-order valence-corrected chi connectivity index (χ1v) is 7.89. The molecule has 4 nitrogen and oxygen atoms in total. The number of rotatable bonds is 10. The Kier molecular flexibility index (Phi) is 9.06. The Labute approximate surface area is 125 Å². The molecule has 120 valence electrons. The molecule has 0 aromatic rings. The first-order valence-electron chi connectivity index (χ1n) is 7.89. The molecule has 0 aliphatic heterocycles. The van der Waals surface area contributed by atoms with Gasteiger partial charge in [-0.15, -0.1) is 0 Å². The van der Waals surface area contributed by atoms with E-state index in [1.54, 1.807) is 6.92 Å². The minimum absolute atomic E-state index is 0.324. The van der Waals surface area contributed by atoms with Crippen LogP contribution in [0.5, 0.6) is 0 Å². The van der Waals surface area contributed by atoms with Crippen molar-refractivity contribution in [3.05, 3.63) is 0 Å². The van der Waals surface area contributed by atoms with E-state index >= 15 is 0 Å². The highest BCUT2D eigenvalue weighted by Gasteiger charge is 2.29. The Hall–Kier alpha value is -0.610. The number of methoxy groups -OCH3 is 1. The fraction of sp³-hybridized carbons (Fsp3) is 0.938. The lowest BCUT2D eigenvalue weighted by molar-refractivity contribution is -0.146. The van der Waals surface area contributed by atoms with Crippen molar-refractivity contribution < 1.29 is 9.53 Å². The second-order valence-corrected chi connectivity index (χ2v) is 6.37. The fourth-order valence-electron chi connectivity index (χ4n) is 2.68. The van der Waals surface area contributed by atoms with Crippen LogP contribution in [0, 0.1) is 5.92 Å². The third-order valence-corrected chi connectivity index (χ3v) is 3.85. The summed E-state index contributed by atoms with van der Waals surface area (Å²) < 4.78 is 4.75. The number of carbonyl (C=O) groups excluding carboxylic acids is 1. The topological polar surface area (TPSA) is 55.6 Å². The largest absolute Gasteiger partial charge is 0.468 e. The molecule has 4 heteroatoms. The van der Waals surface area contributed by atoms with Gasteiger partial charge in [0.05, 0.1) is 7.11 Å². The maximum Gasteiger partial charge on any atom is 0.325 e. The minimum Gasteiger partial charge on any atom is -0.468 e. The second kappa shape index (κ2) is 9.35. The zero-order chi connectivity index (χ0) is 15.8. The molecule has 0 saturated heterocycles. The van der Waals surface area contributed by atoms with Crippen molar-refractivity contribution in [3.63, 3.8) is 0 Å². The number of esters is 1. The van der Waals surface area contributed by atoms with E-state index in [1.807, 2.05) is 0 Å². The summed E-state index contributed by atoms with van der Waals surface area (Å²) in [5.41, 5.74) is 5.14. The molecule has 1 atom stereocenters. The van der Waals surface area contributed by atoms with Crippen molar-refractivity contribution in [3.8, 4) is 0 Å². The van der Waals surface area contributed by atoms with Gasteiger partial charge in [0.15, 0.2) is 0 Å². The van der Waals surface area contributed by atoms with Crippen molar-refractivity contribution in [1.29, 1.82) is 0 Å². The van der Waals surface area contributed by atoms with E-state index < -0.39 is 5.54 Å². The van der Waals surface area contributed by atoms with E-state index in [0.717, 1.165) is 19.5 Å². The zero-order valence-electron chi connectivity index (χ0n) is 14.2. The van der Waals surface area contributed by atoms with Gasteiger partial charge < -0.3 is 15.4 Å². The maximum absolute atomic E-state index is 11.6. The molecule has 20 heavy (non-hydrogen) atoms. The average molecular weight is 286 g/mol. The molecule has 0 amide bonds. The molecule has 0 spiro atoms. The molecular weight excluding hydrogens is 252 g/mol. The van der Waals surface area contributed by atoms with Crippen LogP contribution in [0.25, 0.3) is 0 Å². The highest BCUT2D eigenvalue weighted by Crippen LogP contribution is 2.16. The smallest absolute Gasteiger partial charge is 0.325 e. The molecule has 0 saturated carbocycles. The molecule has 0 fully saturated rings. The summed E-state index contributed by atoms with van der Waals surface area (Å²) in [7, 11) is 1.39. The van der Waals surface area contributed by atoms with E-state index in [4.69, 9.17) is 10.5 Å². The molecule has 0 radical (unpaired) electrons. The molecule has 1 unspecified atom stereocenters. The molecule has 2 N–H and O–H groups in total. The van der Waals surface area contributed by atoms with Gasteiger partial charge in [0.1, 0.15) is 5.54 Å². The Morgan fingerprint density at radius 2 is 1.85 bits per heavy atom. The van der Waals surface area contributed by atoms with Gasteiger partial charge in [0.25, 0.3) is 0 Å². The number of nitrogens with two attached hydrogens (primary N) is 1. The standard InChI is InChI=1S/C16H34N2O2/c1-7-14(8-2)18(12-13(3)4)11-9-10-16(5,17)15(19)20-6/h13-14H,7-12,17H2,1-6H3. The van der Waals surface area contributed by atoms with E-state index in [1.165, 1.54) is 20.0 Å². The van der Waals surface area contributed by atoms with Crippen molar-refractivity contribution in [2.45, 2.75) is 71.9 Å². The third-order valence-electron chi connectivity index (χ3n) is 3.85. The van der Waals surface area contributed by atoms with E-state index in [0.29, 0.717) is 18.4 Å². The van der Waals surface area contributed by atoms with Crippen LogP contribution >= 0.6 is 0 Å². The SMILES string of the molecule is CCC(CC)N(CCCC(C)(N)C(=O)OC)CC(C)C. The van der Waals surface area contributed by atoms with Gasteiger partial charge in [-0.25, -0.2) is 0 Å². The predicted octanol–water partition coefficient (Wildman–Crippen LogP) is 2.80. The molecule has 0 aromatic carbocycles. The van der Waals surface area contributed by atoms with Gasteiger partial charge in [-0.1, -0.05) is 27.7 Å². The summed E-state index contributed by atoms with van der Waals surface area (Å²) >= 11 is 0. The fourth-order valence-corrected chi connectivity index (χ4v) is 2.68. The Bertz CT molecular complexity index is 274. The quantitative estimate of drug-likeness (QED) is 0.627. The molecule has 0 aliphatic carbocycles. The van der Waals surface area contributed by atoms with Gasteiger partial charge in [-0.3, -0.25) is 4.79 Å². The summed E-state index contributed by atoms with van der Waals surface area (Å²) in [6, 6.07) is 0.625.